The molecule has 0 saturated carbocycles. The fourth-order valence-corrected chi connectivity index (χ4v) is 1.77. The fourth-order valence-electron chi connectivity index (χ4n) is 1.77. The summed E-state index contributed by atoms with van der Waals surface area (Å²) in [7, 11) is 0. The Labute approximate surface area is 119 Å². The molecule has 0 aliphatic heterocycles. The Morgan fingerprint density at radius 3 is 2.05 bits per heavy atom. The number of hydrogen-bond donors (Lipinski definition) is 0. The summed E-state index contributed by atoms with van der Waals surface area (Å²) in [5.41, 5.74) is -2.85. The normalized spacial score (nSPS) is 12.3. The maximum atomic E-state index is 12.9. The second-order valence-electron chi connectivity index (χ2n) is 4.07. The molecule has 0 bridgehead atoms. The van der Waals surface area contributed by atoms with Gasteiger partial charge in [-0.3, -0.25) is 0 Å². The fraction of sp³-hybridized carbons (Fsp3) is 0.154. The van der Waals surface area contributed by atoms with E-state index in [2.05, 4.69) is 9.72 Å². The Kier molecular flexibility index (Phi) is 3.99. The van der Waals surface area contributed by atoms with Crippen LogP contribution < -0.4 is 4.74 Å². The molecular formula is C13H6F7NO. The van der Waals surface area contributed by atoms with Crippen molar-refractivity contribution in [1.82, 2.24) is 4.98 Å². The second kappa shape index (κ2) is 5.47. The van der Waals surface area contributed by atoms with Gasteiger partial charge in [0.05, 0.1) is 0 Å². The summed E-state index contributed by atoms with van der Waals surface area (Å²) in [5, 5.41) is 0. The van der Waals surface area contributed by atoms with Crippen LogP contribution >= 0.6 is 0 Å². The number of ether oxygens (including phenoxy) is 1. The minimum Gasteiger partial charge on any atom is -0.405 e. The minimum atomic E-state index is -5.08. The minimum absolute atomic E-state index is 0.500. The van der Waals surface area contributed by atoms with E-state index in [9.17, 15) is 30.7 Å². The number of alkyl halides is 6. The highest BCUT2D eigenvalue weighted by atomic mass is 19.4. The lowest BCUT2D eigenvalue weighted by atomic mass is 10.0. The van der Waals surface area contributed by atoms with Crippen molar-refractivity contribution in [3.05, 3.63) is 48.0 Å². The largest absolute Gasteiger partial charge is 0.573 e. The third kappa shape index (κ3) is 3.66. The number of aromatic nitrogens is 1. The van der Waals surface area contributed by atoms with Crippen molar-refractivity contribution in [3.8, 4) is 16.9 Å². The van der Waals surface area contributed by atoms with E-state index in [1.807, 2.05) is 0 Å². The number of pyridine rings is 1. The predicted molar refractivity (Wildman–Crippen MR) is 61.3 cm³/mol. The Balaban J connectivity index is 2.63. The Bertz CT molecular complexity index is 679. The molecule has 2 aromatic rings. The molecule has 2 nitrogen and oxygen atoms in total. The summed E-state index contributed by atoms with van der Waals surface area (Å²) in [6.45, 7) is 0. The van der Waals surface area contributed by atoms with Gasteiger partial charge in [0.25, 0.3) is 0 Å². The van der Waals surface area contributed by atoms with Gasteiger partial charge in [0.1, 0.15) is 5.75 Å². The van der Waals surface area contributed by atoms with Crippen LogP contribution in [0.2, 0.25) is 0 Å². The lowest BCUT2D eigenvalue weighted by Gasteiger charge is -2.16. The zero-order valence-electron chi connectivity index (χ0n) is 10.5. The van der Waals surface area contributed by atoms with Gasteiger partial charge in [-0.2, -0.15) is 17.6 Å². The zero-order valence-corrected chi connectivity index (χ0v) is 10.5. The van der Waals surface area contributed by atoms with E-state index in [0.717, 1.165) is 18.2 Å². The molecular weight excluding hydrogens is 319 g/mol. The van der Waals surface area contributed by atoms with Crippen molar-refractivity contribution in [1.29, 1.82) is 0 Å². The summed E-state index contributed by atoms with van der Waals surface area (Å²) >= 11 is 0. The molecule has 1 heterocycles. The van der Waals surface area contributed by atoms with E-state index in [-0.39, 0.29) is 0 Å². The number of benzene rings is 1. The van der Waals surface area contributed by atoms with Gasteiger partial charge in [-0.15, -0.1) is 13.2 Å². The van der Waals surface area contributed by atoms with E-state index in [0.29, 0.717) is 12.1 Å². The van der Waals surface area contributed by atoms with E-state index >= 15 is 0 Å². The van der Waals surface area contributed by atoms with Crippen molar-refractivity contribution in [2.45, 2.75) is 12.5 Å². The highest BCUT2D eigenvalue weighted by Gasteiger charge is 2.38. The van der Waals surface area contributed by atoms with Crippen LogP contribution in [-0.4, -0.2) is 11.3 Å². The predicted octanol–water partition coefficient (Wildman–Crippen LogP) is 4.81. The lowest BCUT2D eigenvalue weighted by Crippen LogP contribution is -2.18. The smallest absolute Gasteiger partial charge is 0.405 e. The third-order valence-electron chi connectivity index (χ3n) is 2.53. The van der Waals surface area contributed by atoms with Gasteiger partial charge < -0.3 is 4.74 Å². The number of nitrogens with zero attached hydrogens (tertiary/aromatic N) is 1. The second-order valence-corrected chi connectivity index (χ2v) is 4.07. The van der Waals surface area contributed by atoms with E-state index in [1.165, 1.54) is 6.07 Å². The van der Waals surface area contributed by atoms with Crippen LogP contribution in [0.4, 0.5) is 30.7 Å². The molecule has 0 amide bonds. The summed E-state index contributed by atoms with van der Waals surface area (Å²) < 4.78 is 92.3. The van der Waals surface area contributed by atoms with Crippen LogP contribution in [0.1, 0.15) is 5.69 Å². The summed E-state index contributed by atoms with van der Waals surface area (Å²) in [5.74, 6) is -2.24. The first-order chi connectivity index (χ1) is 10.1. The van der Waals surface area contributed by atoms with Gasteiger partial charge in [-0.1, -0.05) is 18.2 Å². The van der Waals surface area contributed by atoms with Crippen LogP contribution in [0.3, 0.4) is 0 Å². The van der Waals surface area contributed by atoms with Gasteiger partial charge in [-0.05, 0) is 18.2 Å². The van der Waals surface area contributed by atoms with Gasteiger partial charge in [0, 0.05) is 11.1 Å². The summed E-state index contributed by atoms with van der Waals surface area (Å²) in [6.07, 6.45) is -10.1. The SMILES string of the molecule is Fc1ccc(-c2ccccc2OC(F)(F)F)c(C(F)(F)F)n1. The highest BCUT2D eigenvalue weighted by molar-refractivity contribution is 5.72. The molecule has 118 valence electrons. The zero-order chi connectivity index (χ0) is 16.5. The first kappa shape index (κ1) is 16.1. The summed E-state index contributed by atoms with van der Waals surface area (Å²) in [4.78, 5) is 2.73. The highest BCUT2D eigenvalue weighted by Crippen LogP contribution is 2.40. The van der Waals surface area contributed by atoms with Crippen molar-refractivity contribution in [2.75, 3.05) is 0 Å². The van der Waals surface area contributed by atoms with Crippen LogP contribution in [0.25, 0.3) is 11.1 Å². The van der Waals surface area contributed by atoms with Crippen LogP contribution in [-0.2, 0) is 6.18 Å². The lowest BCUT2D eigenvalue weighted by molar-refractivity contribution is -0.274. The first-order valence-electron chi connectivity index (χ1n) is 5.67. The molecule has 0 unspecified atom stereocenters. The molecule has 0 atom stereocenters. The molecule has 1 aromatic heterocycles. The number of hydrogen-bond acceptors (Lipinski definition) is 2. The van der Waals surface area contributed by atoms with E-state index in [4.69, 9.17) is 0 Å². The quantitative estimate of drug-likeness (QED) is 0.584. The molecule has 2 rings (SSSR count). The summed E-state index contributed by atoms with van der Waals surface area (Å²) in [6, 6.07) is 5.55. The van der Waals surface area contributed by atoms with Crippen molar-refractivity contribution >= 4 is 0 Å². The molecule has 0 saturated heterocycles. The Morgan fingerprint density at radius 1 is 0.818 bits per heavy atom. The maximum absolute atomic E-state index is 12.9. The average molecular weight is 325 g/mol. The molecule has 0 fully saturated rings. The molecule has 0 radical (unpaired) electrons. The number of para-hydroxylation sites is 1. The van der Waals surface area contributed by atoms with Crippen LogP contribution in [0.15, 0.2) is 36.4 Å². The molecule has 0 N–H and O–H groups in total. The molecule has 0 spiro atoms. The standard InChI is InChI=1S/C13H6F7NO/c14-10-6-5-8(11(21-10)12(15,16)17)7-3-1-2-4-9(7)22-13(18,19)20/h1-6H. The number of halogens is 7. The molecule has 22 heavy (non-hydrogen) atoms. The van der Waals surface area contributed by atoms with Crippen molar-refractivity contribution in [2.24, 2.45) is 0 Å². The molecule has 9 heteroatoms. The molecule has 1 aromatic carbocycles. The average Bonchev–Trinajstić information content (AvgIpc) is 2.37. The van der Waals surface area contributed by atoms with E-state index in [1.54, 1.807) is 0 Å². The van der Waals surface area contributed by atoms with Crippen LogP contribution in [0, 0.1) is 5.95 Å². The van der Waals surface area contributed by atoms with Gasteiger partial charge >= 0.3 is 12.5 Å². The maximum Gasteiger partial charge on any atom is 0.573 e. The van der Waals surface area contributed by atoms with Crippen molar-refractivity contribution in [3.63, 3.8) is 0 Å². The number of rotatable bonds is 2. The van der Waals surface area contributed by atoms with Gasteiger partial charge in [0.15, 0.2) is 5.69 Å². The third-order valence-corrected chi connectivity index (χ3v) is 2.53. The Morgan fingerprint density at radius 2 is 1.45 bits per heavy atom. The van der Waals surface area contributed by atoms with E-state index < -0.39 is 41.1 Å². The van der Waals surface area contributed by atoms with Gasteiger partial charge in [0.2, 0.25) is 5.95 Å². The topological polar surface area (TPSA) is 22.1 Å². The van der Waals surface area contributed by atoms with Gasteiger partial charge in [-0.25, -0.2) is 4.98 Å². The Hall–Kier alpha value is -2.32. The monoisotopic (exact) mass is 325 g/mol. The van der Waals surface area contributed by atoms with Crippen molar-refractivity contribution < 1.29 is 35.5 Å². The van der Waals surface area contributed by atoms with Crippen LogP contribution in [0.5, 0.6) is 5.75 Å². The molecule has 0 aliphatic rings. The molecule has 0 aliphatic carbocycles. The first-order valence-corrected chi connectivity index (χ1v) is 5.67.